The van der Waals surface area contributed by atoms with Crippen LogP contribution >= 0.6 is 12.2 Å². The van der Waals surface area contributed by atoms with Crippen molar-refractivity contribution in [1.82, 2.24) is 14.8 Å². The Kier molecular flexibility index (Phi) is 4.37. The fourth-order valence-electron chi connectivity index (χ4n) is 2.12. The molecular weight excluding hydrogens is 256 g/mol. The fraction of sp³-hybridized carbons (Fsp3) is 0.429. The summed E-state index contributed by atoms with van der Waals surface area (Å²) >= 11 is 5.36. The van der Waals surface area contributed by atoms with Gasteiger partial charge in [-0.15, -0.1) is 5.10 Å². The van der Waals surface area contributed by atoms with Gasteiger partial charge in [0, 0.05) is 12.6 Å². The quantitative estimate of drug-likeness (QED) is 0.848. The first-order chi connectivity index (χ1) is 9.15. The Hall–Kier alpha value is -1.62. The molecule has 102 valence electrons. The molecule has 0 fully saturated rings. The lowest BCUT2D eigenvalue weighted by Crippen LogP contribution is -2.33. The van der Waals surface area contributed by atoms with Gasteiger partial charge in [-0.25, -0.2) is 5.10 Å². The molecule has 0 saturated heterocycles. The zero-order valence-corrected chi connectivity index (χ0v) is 12.4. The van der Waals surface area contributed by atoms with Gasteiger partial charge in [0.15, 0.2) is 0 Å². The van der Waals surface area contributed by atoms with E-state index in [1.165, 1.54) is 0 Å². The van der Waals surface area contributed by atoms with Crippen LogP contribution in [0.1, 0.15) is 27.2 Å². The number of nitrogens with one attached hydrogen (secondary N) is 1. The lowest BCUT2D eigenvalue weighted by atomic mass is 10.3. The summed E-state index contributed by atoms with van der Waals surface area (Å²) in [5.41, 5.74) is 1.04. The van der Waals surface area contributed by atoms with E-state index in [1.54, 1.807) is 0 Å². The predicted molar refractivity (Wildman–Crippen MR) is 81.5 cm³/mol. The third-order valence-electron chi connectivity index (χ3n) is 3.01. The predicted octanol–water partition coefficient (Wildman–Crippen LogP) is 3.55. The monoisotopic (exact) mass is 276 g/mol. The Morgan fingerprint density at radius 3 is 2.58 bits per heavy atom. The molecule has 1 heterocycles. The maximum atomic E-state index is 5.36. The van der Waals surface area contributed by atoms with Crippen molar-refractivity contribution in [1.29, 1.82) is 0 Å². The van der Waals surface area contributed by atoms with Crippen molar-refractivity contribution in [3.63, 3.8) is 0 Å². The Balaban J connectivity index is 2.51. The number of hydrogen-bond acceptors (Lipinski definition) is 3. The number of benzene rings is 1. The van der Waals surface area contributed by atoms with E-state index in [0.717, 1.165) is 24.6 Å². The van der Waals surface area contributed by atoms with Crippen LogP contribution < -0.4 is 4.90 Å². The minimum Gasteiger partial charge on any atom is -0.338 e. The zero-order valence-electron chi connectivity index (χ0n) is 11.6. The molecule has 5 heteroatoms. The first-order valence-corrected chi connectivity index (χ1v) is 7.05. The molecule has 2 rings (SSSR count). The van der Waals surface area contributed by atoms with Crippen LogP contribution in [0.15, 0.2) is 30.3 Å². The van der Waals surface area contributed by atoms with Crippen molar-refractivity contribution in [3.05, 3.63) is 35.1 Å². The van der Waals surface area contributed by atoms with E-state index in [0.29, 0.717) is 10.8 Å². The van der Waals surface area contributed by atoms with E-state index in [1.807, 2.05) is 34.9 Å². The highest BCUT2D eigenvalue weighted by Gasteiger charge is 2.17. The molecule has 0 saturated carbocycles. The highest BCUT2D eigenvalue weighted by molar-refractivity contribution is 7.71. The van der Waals surface area contributed by atoms with Gasteiger partial charge in [-0.2, -0.15) is 0 Å². The van der Waals surface area contributed by atoms with Gasteiger partial charge in [0.1, 0.15) is 0 Å². The molecule has 1 aromatic heterocycles. The second-order valence-corrected chi connectivity index (χ2v) is 5.17. The summed E-state index contributed by atoms with van der Waals surface area (Å²) in [7, 11) is 0. The van der Waals surface area contributed by atoms with Gasteiger partial charge in [0.25, 0.3) is 0 Å². The number of hydrogen-bond donors (Lipinski definition) is 1. The topological polar surface area (TPSA) is 36.9 Å². The SMILES string of the molecule is CCCN(c1n[nH]c(=S)n1-c1ccccc1)C(C)C. The van der Waals surface area contributed by atoms with Gasteiger partial charge in [0.05, 0.1) is 5.69 Å². The smallest absolute Gasteiger partial charge is 0.230 e. The van der Waals surface area contributed by atoms with Crippen LogP contribution in [0, 0.1) is 4.77 Å². The van der Waals surface area contributed by atoms with Gasteiger partial charge in [-0.05, 0) is 44.6 Å². The molecule has 0 spiro atoms. The average molecular weight is 276 g/mol. The number of rotatable bonds is 5. The number of nitrogens with zero attached hydrogens (tertiary/aromatic N) is 3. The number of aromatic amines is 1. The fourth-order valence-corrected chi connectivity index (χ4v) is 2.35. The number of aromatic nitrogens is 3. The van der Waals surface area contributed by atoms with Crippen molar-refractivity contribution < 1.29 is 0 Å². The summed E-state index contributed by atoms with van der Waals surface area (Å²) in [6, 6.07) is 10.5. The van der Waals surface area contributed by atoms with Gasteiger partial charge < -0.3 is 4.90 Å². The van der Waals surface area contributed by atoms with Crippen LogP contribution in [-0.2, 0) is 0 Å². The van der Waals surface area contributed by atoms with Crippen molar-refractivity contribution in [2.45, 2.75) is 33.2 Å². The van der Waals surface area contributed by atoms with E-state index in [4.69, 9.17) is 12.2 Å². The maximum Gasteiger partial charge on any atom is 0.230 e. The zero-order chi connectivity index (χ0) is 13.8. The standard InChI is InChI=1S/C14H20N4S/c1-4-10-17(11(2)3)13-15-16-14(19)18(13)12-8-6-5-7-9-12/h5-9,11H,4,10H2,1-3H3,(H,16,19). The third-order valence-corrected chi connectivity index (χ3v) is 3.29. The van der Waals surface area contributed by atoms with Crippen LogP contribution in [0.5, 0.6) is 0 Å². The summed E-state index contributed by atoms with van der Waals surface area (Å²) in [6.07, 6.45) is 1.08. The van der Waals surface area contributed by atoms with E-state index in [-0.39, 0.29) is 0 Å². The summed E-state index contributed by atoms with van der Waals surface area (Å²) in [5, 5.41) is 7.31. The van der Waals surface area contributed by atoms with Crippen molar-refractivity contribution in [2.24, 2.45) is 0 Å². The normalized spacial score (nSPS) is 10.9. The molecule has 0 unspecified atom stereocenters. The maximum absolute atomic E-state index is 5.36. The number of anilines is 1. The molecular formula is C14H20N4S. The van der Waals surface area contributed by atoms with E-state index in [2.05, 4.69) is 35.9 Å². The summed E-state index contributed by atoms with van der Waals surface area (Å²) in [4.78, 5) is 2.26. The Morgan fingerprint density at radius 2 is 2.00 bits per heavy atom. The molecule has 2 aromatic rings. The molecule has 1 N–H and O–H groups in total. The Bertz CT molecular complexity index is 571. The summed E-state index contributed by atoms with van der Waals surface area (Å²) < 4.78 is 2.62. The molecule has 0 atom stereocenters. The number of H-pyrrole nitrogens is 1. The Morgan fingerprint density at radius 1 is 1.32 bits per heavy atom. The summed E-state index contributed by atoms with van der Waals surface area (Å²) in [5.74, 6) is 0.882. The summed E-state index contributed by atoms with van der Waals surface area (Å²) in [6.45, 7) is 7.47. The molecule has 0 bridgehead atoms. The van der Waals surface area contributed by atoms with Gasteiger partial charge in [-0.3, -0.25) is 4.57 Å². The van der Waals surface area contributed by atoms with Crippen LogP contribution in [0.3, 0.4) is 0 Å². The molecule has 4 nitrogen and oxygen atoms in total. The second-order valence-electron chi connectivity index (χ2n) is 4.79. The Labute approximate surface area is 119 Å². The second kappa shape index (κ2) is 6.02. The minimum atomic E-state index is 0.382. The van der Waals surface area contributed by atoms with Crippen LogP contribution in [-0.4, -0.2) is 27.4 Å². The van der Waals surface area contributed by atoms with E-state index >= 15 is 0 Å². The molecule has 0 aliphatic carbocycles. The van der Waals surface area contributed by atoms with E-state index < -0.39 is 0 Å². The van der Waals surface area contributed by atoms with Gasteiger partial charge >= 0.3 is 0 Å². The molecule has 0 aliphatic rings. The highest BCUT2D eigenvalue weighted by Crippen LogP contribution is 2.20. The van der Waals surface area contributed by atoms with E-state index in [9.17, 15) is 0 Å². The lowest BCUT2D eigenvalue weighted by Gasteiger charge is -2.27. The third kappa shape index (κ3) is 2.87. The molecule has 0 radical (unpaired) electrons. The highest BCUT2D eigenvalue weighted by atomic mass is 32.1. The van der Waals surface area contributed by atoms with Crippen LogP contribution in [0.4, 0.5) is 5.95 Å². The number of para-hydroxylation sites is 1. The molecule has 0 amide bonds. The van der Waals surface area contributed by atoms with Crippen LogP contribution in [0.25, 0.3) is 5.69 Å². The molecule has 0 aliphatic heterocycles. The molecule has 19 heavy (non-hydrogen) atoms. The largest absolute Gasteiger partial charge is 0.338 e. The van der Waals surface area contributed by atoms with Crippen molar-refractivity contribution >= 4 is 18.2 Å². The van der Waals surface area contributed by atoms with Crippen molar-refractivity contribution in [3.8, 4) is 5.69 Å². The first-order valence-electron chi connectivity index (χ1n) is 6.64. The molecule has 1 aromatic carbocycles. The van der Waals surface area contributed by atoms with Gasteiger partial charge in [-0.1, -0.05) is 25.1 Å². The lowest BCUT2D eigenvalue weighted by molar-refractivity contribution is 0.644. The first kappa shape index (κ1) is 13.8. The van der Waals surface area contributed by atoms with Gasteiger partial charge in [0.2, 0.25) is 10.7 Å². The minimum absolute atomic E-state index is 0.382. The van der Waals surface area contributed by atoms with Crippen molar-refractivity contribution in [2.75, 3.05) is 11.4 Å². The van der Waals surface area contributed by atoms with Crippen LogP contribution in [0.2, 0.25) is 0 Å². The average Bonchev–Trinajstić information content (AvgIpc) is 2.78.